The van der Waals surface area contributed by atoms with Crippen LogP contribution in [0.5, 0.6) is 5.75 Å². The first-order chi connectivity index (χ1) is 14.8. The van der Waals surface area contributed by atoms with Crippen LogP contribution in [-0.4, -0.2) is 41.4 Å². The van der Waals surface area contributed by atoms with Gasteiger partial charge in [-0.2, -0.15) is 0 Å². The van der Waals surface area contributed by atoms with Crippen LogP contribution in [0.3, 0.4) is 0 Å². The number of halogens is 1. The molecule has 1 atom stereocenters. The van der Waals surface area contributed by atoms with E-state index in [9.17, 15) is 18.8 Å². The molecule has 0 bridgehead atoms. The summed E-state index contributed by atoms with van der Waals surface area (Å²) in [4.78, 5) is 39.0. The van der Waals surface area contributed by atoms with Crippen LogP contribution < -0.4 is 15.4 Å². The topological polar surface area (TPSA) is 87.7 Å². The molecule has 1 fully saturated rings. The lowest BCUT2D eigenvalue weighted by Gasteiger charge is -2.38. The highest BCUT2D eigenvalue weighted by atomic mass is 19.1. The molecule has 1 saturated heterocycles. The van der Waals surface area contributed by atoms with Gasteiger partial charge in [0, 0.05) is 37.9 Å². The zero-order chi connectivity index (χ0) is 22.0. The van der Waals surface area contributed by atoms with E-state index in [1.54, 1.807) is 30.3 Å². The van der Waals surface area contributed by atoms with Gasteiger partial charge in [0.05, 0.1) is 12.1 Å². The summed E-state index contributed by atoms with van der Waals surface area (Å²) in [6, 6.07) is 11.6. The van der Waals surface area contributed by atoms with Crippen molar-refractivity contribution < 1.29 is 23.5 Å². The predicted molar refractivity (Wildman–Crippen MR) is 111 cm³/mol. The summed E-state index contributed by atoms with van der Waals surface area (Å²) >= 11 is 0. The quantitative estimate of drug-likeness (QED) is 0.787. The van der Waals surface area contributed by atoms with E-state index in [0.717, 1.165) is 5.56 Å². The number of hydrogen-bond donors (Lipinski definition) is 2. The Hall–Kier alpha value is -3.42. The molecule has 0 radical (unpaired) electrons. The van der Waals surface area contributed by atoms with Crippen LogP contribution in [0, 0.1) is 12.7 Å². The van der Waals surface area contributed by atoms with Crippen LogP contribution in [0.4, 0.5) is 4.39 Å². The van der Waals surface area contributed by atoms with E-state index >= 15 is 0 Å². The molecule has 2 N–H and O–H groups in total. The SMILES string of the molecule is Cc1ccc2c(c1)C(=O)NC1(CCC(=O)N(CC(=O)NCc3ccccc3F)CC1)O2. The first-order valence-electron chi connectivity index (χ1n) is 10.3. The van der Waals surface area contributed by atoms with Crippen LogP contribution in [0.2, 0.25) is 0 Å². The van der Waals surface area contributed by atoms with E-state index in [2.05, 4.69) is 10.6 Å². The van der Waals surface area contributed by atoms with Crippen molar-refractivity contribution in [2.24, 2.45) is 0 Å². The molecule has 162 valence electrons. The van der Waals surface area contributed by atoms with E-state index in [4.69, 9.17) is 4.74 Å². The van der Waals surface area contributed by atoms with Crippen LogP contribution in [-0.2, 0) is 16.1 Å². The Labute approximate surface area is 179 Å². The Bertz CT molecular complexity index is 1040. The third-order valence-corrected chi connectivity index (χ3v) is 5.68. The normalized spacial score (nSPS) is 20.5. The van der Waals surface area contributed by atoms with Crippen LogP contribution in [0.1, 0.15) is 40.7 Å². The van der Waals surface area contributed by atoms with Gasteiger partial charge < -0.3 is 20.3 Å². The van der Waals surface area contributed by atoms with Gasteiger partial charge in [-0.1, -0.05) is 29.8 Å². The number of likely N-dealkylation sites (tertiary alicyclic amines) is 1. The Morgan fingerprint density at radius 2 is 2.03 bits per heavy atom. The number of rotatable bonds is 4. The molecular weight excluding hydrogens is 401 g/mol. The van der Waals surface area contributed by atoms with Gasteiger partial charge >= 0.3 is 0 Å². The van der Waals surface area contributed by atoms with Crippen molar-refractivity contribution in [2.45, 2.75) is 38.5 Å². The number of carbonyl (C=O) groups is 3. The zero-order valence-corrected chi connectivity index (χ0v) is 17.2. The fourth-order valence-corrected chi connectivity index (χ4v) is 3.91. The maximum absolute atomic E-state index is 13.7. The number of fused-ring (bicyclic) bond motifs is 1. The summed E-state index contributed by atoms with van der Waals surface area (Å²) in [5, 5.41) is 5.57. The Morgan fingerprint density at radius 3 is 2.84 bits per heavy atom. The van der Waals surface area contributed by atoms with E-state index < -0.39 is 11.5 Å². The molecule has 0 aliphatic carbocycles. The van der Waals surface area contributed by atoms with Crippen molar-refractivity contribution in [2.75, 3.05) is 13.1 Å². The fourth-order valence-electron chi connectivity index (χ4n) is 3.91. The van der Waals surface area contributed by atoms with Crippen molar-refractivity contribution in [1.82, 2.24) is 15.5 Å². The van der Waals surface area contributed by atoms with Gasteiger partial charge in [-0.25, -0.2) is 4.39 Å². The summed E-state index contributed by atoms with van der Waals surface area (Å²) in [5.74, 6) is -0.685. The third kappa shape index (κ3) is 4.52. The lowest BCUT2D eigenvalue weighted by molar-refractivity contribution is -0.135. The Kier molecular flexibility index (Phi) is 5.63. The molecule has 8 heteroatoms. The van der Waals surface area contributed by atoms with Crippen molar-refractivity contribution in [3.63, 3.8) is 0 Å². The number of ether oxygens (including phenoxy) is 1. The van der Waals surface area contributed by atoms with Crippen molar-refractivity contribution in [3.05, 3.63) is 65.0 Å². The molecular formula is C23H24FN3O4. The minimum absolute atomic E-state index is 0.0485. The molecule has 1 unspecified atom stereocenters. The van der Waals surface area contributed by atoms with Gasteiger partial charge in [0.25, 0.3) is 5.91 Å². The number of nitrogens with one attached hydrogen (secondary N) is 2. The molecule has 2 aromatic carbocycles. The molecule has 0 saturated carbocycles. The highest BCUT2D eigenvalue weighted by Crippen LogP contribution is 2.34. The molecule has 4 rings (SSSR count). The number of carbonyl (C=O) groups excluding carboxylic acids is 3. The summed E-state index contributed by atoms with van der Waals surface area (Å²) in [6.07, 6.45) is 0.818. The molecule has 0 aromatic heterocycles. The van der Waals surface area contributed by atoms with Crippen molar-refractivity contribution in [3.8, 4) is 5.75 Å². The smallest absolute Gasteiger partial charge is 0.258 e. The van der Waals surface area contributed by atoms with Gasteiger partial charge in [0.15, 0.2) is 5.72 Å². The predicted octanol–water partition coefficient (Wildman–Crippen LogP) is 2.28. The lowest BCUT2D eigenvalue weighted by atomic mass is 9.99. The van der Waals surface area contributed by atoms with Crippen LogP contribution >= 0.6 is 0 Å². The number of aryl methyl sites for hydroxylation is 1. The maximum atomic E-state index is 13.7. The number of nitrogens with zero attached hydrogens (tertiary/aromatic N) is 1. The first-order valence-corrected chi connectivity index (χ1v) is 10.3. The van der Waals surface area contributed by atoms with Crippen LogP contribution in [0.25, 0.3) is 0 Å². The number of benzene rings is 2. The lowest BCUT2D eigenvalue weighted by Crippen LogP contribution is -2.56. The number of amides is 3. The van der Waals surface area contributed by atoms with Crippen molar-refractivity contribution in [1.29, 1.82) is 0 Å². The Balaban J connectivity index is 1.39. The van der Waals surface area contributed by atoms with Gasteiger partial charge in [-0.05, 0) is 25.1 Å². The maximum Gasteiger partial charge on any atom is 0.258 e. The summed E-state index contributed by atoms with van der Waals surface area (Å²) < 4.78 is 19.8. The summed E-state index contributed by atoms with van der Waals surface area (Å²) in [5.41, 5.74) is 0.833. The average molecular weight is 425 g/mol. The molecule has 2 aromatic rings. The van der Waals surface area contributed by atoms with E-state index in [-0.39, 0.29) is 43.8 Å². The molecule has 7 nitrogen and oxygen atoms in total. The zero-order valence-electron chi connectivity index (χ0n) is 17.2. The van der Waals surface area contributed by atoms with Crippen LogP contribution in [0.15, 0.2) is 42.5 Å². The standard InChI is InChI=1S/C23H24FN3O4/c1-15-6-7-19-17(12-15)22(30)26-23(31-19)9-8-21(29)27(11-10-23)14-20(28)25-13-16-4-2-3-5-18(16)24/h2-7,12H,8-11,13-14H2,1H3,(H,25,28)(H,26,30). The van der Waals surface area contributed by atoms with Gasteiger partial charge in [0.2, 0.25) is 11.8 Å². The molecule has 1 spiro atoms. The molecule has 31 heavy (non-hydrogen) atoms. The number of hydrogen-bond acceptors (Lipinski definition) is 4. The molecule has 2 aliphatic rings. The van der Waals surface area contributed by atoms with E-state index in [1.807, 2.05) is 13.0 Å². The van der Waals surface area contributed by atoms with Gasteiger partial charge in [-0.3, -0.25) is 14.4 Å². The second-order valence-corrected chi connectivity index (χ2v) is 7.98. The minimum Gasteiger partial charge on any atom is -0.467 e. The van der Waals surface area contributed by atoms with Gasteiger partial charge in [0.1, 0.15) is 11.6 Å². The van der Waals surface area contributed by atoms with Crippen molar-refractivity contribution >= 4 is 17.7 Å². The largest absolute Gasteiger partial charge is 0.467 e. The fraction of sp³-hybridized carbons (Fsp3) is 0.348. The van der Waals surface area contributed by atoms with Gasteiger partial charge in [-0.15, -0.1) is 0 Å². The molecule has 2 heterocycles. The molecule has 3 amide bonds. The van der Waals surface area contributed by atoms with E-state index in [0.29, 0.717) is 29.7 Å². The summed E-state index contributed by atoms with van der Waals surface area (Å²) in [6.45, 7) is 2.07. The first kappa shape index (κ1) is 20.8. The monoisotopic (exact) mass is 425 g/mol. The summed E-state index contributed by atoms with van der Waals surface area (Å²) in [7, 11) is 0. The third-order valence-electron chi connectivity index (χ3n) is 5.68. The second-order valence-electron chi connectivity index (χ2n) is 7.98. The Morgan fingerprint density at radius 1 is 1.23 bits per heavy atom. The second kappa shape index (κ2) is 8.37. The average Bonchev–Trinajstić information content (AvgIpc) is 2.88. The highest BCUT2D eigenvalue weighted by molar-refractivity contribution is 5.98. The minimum atomic E-state index is -0.979. The molecule has 2 aliphatic heterocycles. The highest BCUT2D eigenvalue weighted by Gasteiger charge is 2.42. The van der Waals surface area contributed by atoms with E-state index in [1.165, 1.54) is 11.0 Å².